The first-order valence-corrected chi connectivity index (χ1v) is 7.95. The molecule has 0 aromatic rings. The number of hydrogen-bond donors (Lipinski definition) is 1. The molecule has 4 heteroatoms. The third kappa shape index (κ3) is 3.69. The fraction of sp³-hybridized carbons (Fsp3) is 1.00. The highest BCUT2D eigenvalue weighted by molar-refractivity contribution is 4.96. The molecule has 2 rings (SSSR count). The zero-order valence-electron chi connectivity index (χ0n) is 12.7. The van der Waals surface area contributed by atoms with Crippen LogP contribution in [0.5, 0.6) is 0 Å². The molecule has 0 bridgehead atoms. The quantitative estimate of drug-likeness (QED) is 0.789. The van der Waals surface area contributed by atoms with Crippen molar-refractivity contribution in [3.63, 3.8) is 0 Å². The summed E-state index contributed by atoms with van der Waals surface area (Å²) in [6.07, 6.45) is 6.52. The molecule has 1 atom stereocenters. The number of likely N-dealkylation sites (N-methyl/N-ethyl adjacent to an activating group) is 1. The van der Waals surface area contributed by atoms with E-state index in [1.165, 1.54) is 51.7 Å². The highest BCUT2D eigenvalue weighted by atomic mass is 16.5. The second-order valence-electron chi connectivity index (χ2n) is 6.29. The summed E-state index contributed by atoms with van der Waals surface area (Å²) in [5.41, 5.74) is 6.34. The van der Waals surface area contributed by atoms with E-state index in [0.717, 1.165) is 19.7 Å². The van der Waals surface area contributed by atoms with E-state index in [0.29, 0.717) is 6.10 Å². The SMILES string of the molecule is CCCN1CCC(CN)(N(C)CC2CCCO2)CC1. The molecular weight excluding hydrogens is 238 g/mol. The third-order valence-electron chi connectivity index (χ3n) is 5.02. The molecule has 0 radical (unpaired) electrons. The van der Waals surface area contributed by atoms with Gasteiger partial charge in [-0.1, -0.05) is 6.92 Å². The van der Waals surface area contributed by atoms with Gasteiger partial charge in [0.15, 0.2) is 0 Å². The molecule has 0 aromatic carbocycles. The van der Waals surface area contributed by atoms with E-state index >= 15 is 0 Å². The maximum atomic E-state index is 6.13. The molecule has 2 N–H and O–H groups in total. The minimum absolute atomic E-state index is 0.205. The lowest BCUT2D eigenvalue weighted by Crippen LogP contribution is -2.59. The van der Waals surface area contributed by atoms with Gasteiger partial charge in [-0.05, 0) is 58.8 Å². The van der Waals surface area contributed by atoms with E-state index in [4.69, 9.17) is 10.5 Å². The van der Waals surface area contributed by atoms with Crippen LogP contribution in [-0.2, 0) is 4.74 Å². The van der Waals surface area contributed by atoms with Gasteiger partial charge in [0.05, 0.1) is 6.10 Å². The van der Waals surface area contributed by atoms with Gasteiger partial charge in [0.2, 0.25) is 0 Å². The van der Waals surface area contributed by atoms with Gasteiger partial charge >= 0.3 is 0 Å². The van der Waals surface area contributed by atoms with E-state index in [1.54, 1.807) is 0 Å². The van der Waals surface area contributed by atoms with Crippen LogP contribution in [0.15, 0.2) is 0 Å². The fourth-order valence-electron chi connectivity index (χ4n) is 3.54. The van der Waals surface area contributed by atoms with Crippen molar-refractivity contribution in [1.82, 2.24) is 9.80 Å². The maximum absolute atomic E-state index is 6.13. The topological polar surface area (TPSA) is 41.7 Å². The van der Waals surface area contributed by atoms with Crippen LogP contribution in [0.2, 0.25) is 0 Å². The molecule has 19 heavy (non-hydrogen) atoms. The van der Waals surface area contributed by atoms with Crippen LogP contribution in [0.1, 0.15) is 39.0 Å². The summed E-state index contributed by atoms with van der Waals surface area (Å²) in [6, 6.07) is 0. The number of piperidine rings is 1. The van der Waals surface area contributed by atoms with Crippen molar-refractivity contribution in [2.24, 2.45) is 5.73 Å². The van der Waals surface area contributed by atoms with Crippen molar-refractivity contribution < 1.29 is 4.74 Å². The Kier molecular flexibility index (Phi) is 5.63. The summed E-state index contributed by atoms with van der Waals surface area (Å²) >= 11 is 0. The first kappa shape index (κ1) is 15.2. The molecule has 2 fully saturated rings. The Balaban J connectivity index is 1.87. The monoisotopic (exact) mass is 269 g/mol. The number of nitrogens with two attached hydrogens (primary N) is 1. The number of rotatable bonds is 6. The Labute approximate surface area is 118 Å². The van der Waals surface area contributed by atoms with E-state index in [1.807, 2.05) is 0 Å². The molecule has 4 nitrogen and oxygen atoms in total. The molecule has 1 unspecified atom stereocenters. The number of nitrogens with zero attached hydrogens (tertiary/aromatic N) is 2. The van der Waals surface area contributed by atoms with Gasteiger partial charge in [-0.2, -0.15) is 0 Å². The Morgan fingerprint density at radius 2 is 2.11 bits per heavy atom. The minimum atomic E-state index is 0.205. The van der Waals surface area contributed by atoms with E-state index in [2.05, 4.69) is 23.8 Å². The number of likely N-dealkylation sites (tertiary alicyclic amines) is 1. The summed E-state index contributed by atoms with van der Waals surface area (Å²) in [6.45, 7) is 8.64. The number of hydrogen-bond acceptors (Lipinski definition) is 4. The molecule has 2 aliphatic heterocycles. The van der Waals surface area contributed by atoms with Crippen LogP contribution in [-0.4, -0.2) is 67.8 Å². The Bertz CT molecular complexity index is 258. The van der Waals surface area contributed by atoms with Crippen LogP contribution in [0, 0.1) is 0 Å². The summed E-state index contributed by atoms with van der Waals surface area (Å²) in [7, 11) is 2.24. The third-order valence-corrected chi connectivity index (χ3v) is 5.02. The lowest BCUT2D eigenvalue weighted by molar-refractivity contribution is 0.00460. The second kappa shape index (κ2) is 7.02. The van der Waals surface area contributed by atoms with Crippen LogP contribution < -0.4 is 5.73 Å². The van der Waals surface area contributed by atoms with Gasteiger partial charge in [-0.25, -0.2) is 0 Å². The molecule has 2 heterocycles. The van der Waals surface area contributed by atoms with Gasteiger partial charge in [-0.3, -0.25) is 4.90 Å². The van der Waals surface area contributed by atoms with Crippen molar-refractivity contribution in [3.8, 4) is 0 Å². The predicted octanol–water partition coefficient (Wildman–Crippen LogP) is 1.30. The van der Waals surface area contributed by atoms with Crippen LogP contribution >= 0.6 is 0 Å². The molecule has 2 aliphatic rings. The van der Waals surface area contributed by atoms with Gasteiger partial charge in [-0.15, -0.1) is 0 Å². The van der Waals surface area contributed by atoms with Gasteiger partial charge in [0.25, 0.3) is 0 Å². The predicted molar refractivity (Wildman–Crippen MR) is 79.4 cm³/mol. The smallest absolute Gasteiger partial charge is 0.0702 e. The lowest BCUT2D eigenvalue weighted by atomic mass is 9.85. The zero-order valence-corrected chi connectivity index (χ0v) is 12.7. The fourth-order valence-corrected chi connectivity index (χ4v) is 3.54. The molecule has 112 valence electrons. The molecule has 0 aliphatic carbocycles. The average Bonchev–Trinajstić information content (AvgIpc) is 2.93. The molecule has 0 saturated carbocycles. The second-order valence-corrected chi connectivity index (χ2v) is 6.29. The standard InChI is InChI=1S/C15H31N3O/c1-3-8-18-9-6-15(13-16,7-10-18)17(2)12-14-5-4-11-19-14/h14H,3-13,16H2,1-2H3. The van der Waals surface area contributed by atoms with E-state index < -0.39 is 0 Å². The van der Waals surface area contributed by atoms with Crippen LogP contribution in [0.3, 0.4) is 0 Å². The Morgan fingerprint density at radius 1 is 1.37 bits per heavy atom. The maximum Gasteiger partial charge on any atom is 0.0702 e. The Morgan fingerprint density at radius 3 is 2.63 bits per heavy atom. The van der Waals surface area contributed by atoms with Crippen molar-refractivity contribution in [1.29, 1.82) is 0 Å². The number of ether oxygens (including phenoxy) is 1. The van der Waals surface area contributed by atoms with Gasteiger partial charge in [0, 0.05) is 25.2 Å². The normalized spacial score (nSPS) is 28.1. The molecule has 0 aromatic heterocycles. The zero-order chi connectivity index (χ0) is 13.7. The first-order valence-electron chi connectivity index (χ1n) is 7.95. The van der Waals surface area contributed by atoms with E-state index in [-0.39, 0.29) is 5.54 Å². The van der Waals surface area contributed by atoms with Crippen molar-refractivity contribution in [3.05, 3.63) is 0 Å². The van der Waals surface area contributed by atoms with Crippen LogP contribution in [0.4, 0.5) is 0 Å². The Hall–Kier alpha value is -0.160. The van der Waals surface area contributed by atoms with E-state index in [9.17, 15) is 0 Å². The molecule has 0 spiro atoms. The summed E-state index contributed by atoms with van der Waals surface area (Å²) in [5.74, 6) is 0. The van der Waals surface area contributed by atoms with Crippen molar-refractivity contribution in [2.45, 2.75) is 50.7 Å². The van der Waals surface area contributed by atoms with Gasteiger partial charge in [0.1, 0.15) is 0 Å². The summed E-state index contributed by atoms with van der Waals surface area (Å²) in [5, 5.41) is 0. The van der Waals surface area contributed by atoms with Crippen molar-refractivity contribution in [2.75, 3.05) is 46.4 Å². The van der Waals surface area contributed by atoms with Crippen molar-refractivity contribution >= 4 is 0 Å². The highest BCUT2D eigenvalue weighted by Gasteiger charge is 2.37. The van der Waals surface area contributed by atoms with Gasteiger partial charge < -0.3 is 15.4 Å². The molecule has 0 amide bonds. The first-order chi connectivity index (χ1) is 9.20. The summed E-state index contributed by atoms with van der Waals surface area (Å²) < 4.78 is 5.77. The minimum Gasteiger partial charge on any atom is -0.377 e. The average molecular weight is 269 g/mol. The summed E-state index contributed by atoms with van der Waals surface area (Å²) in [4.78, 5) is 5.07. The lowest BCUT2D eigenvalue weighted by Gasteiger charge is -2.47. The molecular formula is C15H31N3O. The largest absolute Gasteiger partial charge is 0.377 e. The van der Waals surface area contributed by atoms with Crippen LogP contribution in [0.25, 0.3) is 0 Å². The molecule has 2 saturated heterocycles. The highest BCUT2D eigenvalue weighted by Crippen LogP contribution is 2.28.